The molecule has 5 heteroatoms. The van der Waals surface area contributed by atoms with Crippen molar-refractivity contribution in [2.45, 2.75) is 6.61 Å². The van der Waals surface area contributed by atoms with E-state index in [2.05, 4.69) is 4.98 Å². The Morgan fingerprint density at radius 3 is 3.00 bits per heavy atom. The molecule has 4 nitrogen and oxygen atoms in total. The van der Waals surface area contributed by atoms with Gasteiger partial charge in [0.25, 0.3) is 0 Å². The number of hydrogen-bond donors (Lipinski definition) is 1. The summed E-state index contributed by atoms with van der Waals surface area (Å²) in [4.78, 5) is 3.79. The van der Waals surface area contributed by atoms with Gasteiger partial charge in [0.2, 0.25) is 0 Å². The summed E-state index contributed by atoms with van der Waals surface area (Å²) in [6, 6.07) is 5.61. The number of nitrogens with zero attached hydrogens (tertiary/aromatic N) is 1. The molecular formula is C10H8FNO3. The van der Waals surface area contributed by atoms with E-state index in [4.69, 9.17) is 14.3 Å². The van der Waals surface area contributed by atoms with E-state index in [1.807, 2.05) is 0 Å². The Kier molecular flexibility index (Phi) is 2.64. The number of benzene rings is 1. The van der Waals surface area contributed by atoms with Crippen molar-refractivity contribution in [2.75, 3.05) is 0 Å². The fourth-order valence-electron chi connectivity index (χ4n) is 1.04. The van der Waals surface area contributed by atoms with Gasteiger partial charge in [-0.15, -0.1) is 0 Å². The van der Waals surface area contributed by atoms with Gasteiger partial charge >= 0.3 is 6.08 Å². The standard InChI is InChI=1S/C10H8FNO3/c11-7-2-1-3-9(4-7)15-10-12-8(5-13)6-14-10/h1-4,6,13H,5H2. The van der Waals surface area contributed by atoms with E-state index in [9.17, 15) is 4.39 Å². The number of rotatable bonds is 3. The summed E-state index contributed by atoms with van der Waals surface area (Å²) in [6.45, 7) is -0.226. The maximum absolute atomic E-state index is 12.8. The fourth-order valence-corrected chi connectivity index (χ4v) is 1.04. The summed E-state index contributed by atoms with van der Waals surface area (Å²) in [6.07, 6.45) is 1.25. The molecule has 15 heavy (non-hydrogen) atoms. The fraction of sp³-hybridized carbons (Fsp3) is 0.100. The lowest BCUT2D eigenvalue weighted by Gasteiger charge is -1.99. The average Bonchev–Trinajstić information content (AvgIpc) is 2.65. The van der Waals surface area contributed by atoms with Crippen molar-refractivity contribution in [2.24, 2.45) is 0 Å². The van der Waals surface area contributed by atoms with Crippen molar-refractivity contribution in [3.8, 4) is 11.8 Å². The molecule has 0 radical (unpaired) electrons. The van der Waals surface area contributed by atoms with E-state index in [0.29, 0.717) is 11.4 Å². The molecule has 0 aliphatic rings. The minimum Gasteiger partial charge on any atom is -0.417 e. The highest BCUT2D eigenvalue weighted by atomic mass is 19.1. The highest BCUT2D eigenvalue weighted by Gasteiger charge is 2.05. The van der Waals surface area contributed by atoms with Crippen LogP contribution < -0.4 is 4.74 Å². The smallest absolute Gasteiger partial charge is 0.399 e. The van der Waals surface area contributed by atoms with Crippen LogP contribution in [0.4, 0.5) is 4.39 Å². The van der Waals surface area contributed by atoms with Gasteiger partial charge in [-0.25, -0.2) is 4.39 Å². The van der Waals surface area contributed by atoms with Gasteiger partial charge in [0.1, 0.15) is 23.5 Å². The number of hydrogen-bond acceptors (Lipinski definition) is 4. The molecule has 0 aliphatic heterocycles. The van der Waals surface area contributed by atoms with E-state index < -0.39 is 5.82 Å². The van der Waals surface area contributed by atoms with Crippen molar-refractivity contribution in [1.29, 1.82) is 0 Å². The van der Waals surface area contributed by atoms with Crippen LogP contribution in [0.25, 0.3) is 0 Å². The van der Waals surface area contributed by atoms with Crippen LogP contribution in [0, 0.1) is 5.82 Å². The largest absolute Gasteiger partial charge is 0.417 e. The molecule has 1 heterocycles. The van der Waals surface area contributed by atoms with Crippen LogP contribution in [0.5, 0.6) is 11.8 Å². The molecule has 0 saturated carbocycles. The molecule has 0 unspecified atom stereocenters. The van der Waals surface area contributed by atoms with Crippen molar-refractivity contribution in [3.63, 3.8) is 0 Å². The molecule has 1 N–H and O–H groups in total. The van der Waals surface area contributed by atoms with Crippen LogP contribution in [-0.4, -0.2) is 10.1 Å². The maximum Gasteiger partial charge on any atom is 0.399 e. The van der Waals surface area contributed by atoms with Gasteiger partial charge < -0.3 is 14.3 Å². The predicted molar refractivity (Wildman–Crippen MR) is 48.9 cm³/mol. The lowest BCUT2D eigenvalue weighted by molar-refractivity contribution is 0.276. The summed E-state index contributed by atoms with van der Waals surface area (Å²) < 4.78 is 22.8. The average molecular weight is 209 g/mol. The van der Waals surface area contributed by atoms with Crippen LogP contribution in [0.15, 0.2) is 34.9 Å². The topological polar surface area (TPSA) is 55.5 Å². The Morgan fingerprint density at radius 1 is 1.47 bits per heavy atom. The summed E-state index contributed by atoms with van der Waals surface area (Å²) in [5.41, 5.74) is 0.362. The lowest BCUT2D eigenvalue weighted by atomic mass is 10.3. The summed E-state index contributed by atoms with van der Waals surface area (Å²) in [5, 5.41) is 8.72. The highest BCUT2D eigenvalue weighted by molar-refractivity contribution is 5.24. The van der Waals surface area contributed by atoms with Gasteiger partial charge in [-0.3, -0.25) is 0 Å². The number of ether oxygens (including phenoxy) is 1. The first-order valence-corrected chi connectivity index (χ1v) is 4.26. The van der Waals surface area contributed by atoms with E-state index in [1.54, 1.807) is 6.07 Å². The van der Waals surface area contributed by atoms with Crippen molar-refractivity contribution in [1.82, 2.24) is 4.98 Å². The minimum absolute atomic E-state index is 0.0235. The van der Waals surface area contributed by atoms with Gasteiger partial charge in [0, 0.05) is 6.07 Å². The molecular weight excluding hydrogens is 201 g/mol. The van der Waals surface area contributed by atoms with Crippen LogP contribution in [-0.2, 0) is 6.61 Å². The molecule has 0 fully saturated rings. The molecule has 1 aromatic heterocycles. The van der Waals surface area contributed by atoms with Crippen molar-refractivity contribution in [3.05, 3.63) is 42.0 Å². The molecule has 0 spiro atoms. The maximum atomic E-state index is 12.8. The van der Waals surface area contributed by atoms with Gasteiger partial charge in [-0.1, -0.05) is 6.07 Å². The van der Waals surface area contributed by atoms with Crippen LogP contribution in [0.2, 0.25) is 0 Å². The monoisotopic (exact) mass is 209 g/mol. The van der Waals surface area contributed by atoms with Gasteiger partial charge in [-0.05, 0) is 12.1 Å². The third-order valence-electron chi connectivity index (χ3n) is 1.69. The van der Waals surface area contributed by atoms with Crippen LogP contribution in [0.3, 0.4) is 0 Å². The molecule has 78 valence electrons. The van der Waals surface area contributed by atoms with Gasteiger partial charge in [0.15, 0.2) is 0 Å². The summed E-state index contributed by atoms with van der Waals surface area (Å²) >= 11 is 0. The van der Waals surface area contributed by atoms with Crippen molar-refractivity contribution < 1.29 is 18.7 Å². The van der Waals surface area contributed by atoms with Crippen LogP contribution >= 0.6 is 0 Å². The Labute approximate surface area is 84.9 Å². The SMILES string of the molecule is OCc1coc(Oc2cccc(F)c2)n1. The summed E-state index contributed by atoms with van der Waals surface area (Å²) in [5.74, 6) is -0.109. The predicted octanol–water partition coefficient (Wildman–Crippen LogP) is 2.10. The highest BCUT2D eigenvalue weighted by Crippen LogP contribution is 2.20. The number of aliphatic hydroxyl groups excluding tert-OH is 1. The lowest BCUT2D eigenvalue weighted by Crippen LogP contribution is -1.86. The van der Waals surface area contributed by atoms with E-state index in [1.165, 1.54) is 24.5 Å². The van der Waals surface area contributed by atoms with Gasteiger partial charge in [-0.2, -0.15) is 4.98 Å². The molecule has 2 rings (SSSR count). The molecule has 1 aromatic carbocycles. The van der Waals surface area contributed by atoms with E-state index in [-0.39, 0.29) is 12.7 Å². The third-order valence-corrected chi connectivity index (χ3v) is 1.69. The second kappa shape index (κ2) is 4.10. The van der Waals surface area contributed by atoms with Crippen molar-refractivity contribution >= 4 is 0 Å². The molecule has 0 saturated heterocycles. The van der Waals surface area contributed by atoms with Gasteiger partial charge in [0.05, 0.1) is 6.61 Å². The number of aromatic nitrogens is 1. The van der Waals surface area contributed by atoms with Crippen LogP contribution in [0.1, 0.15) is 5.69 Å². The first kappa shape index (κ1) is 9.67. The Bertz CT molecular complexity index is 455. The zero-order valence-electron chi connectivity index (χ0n) is 7.68. The number of oxazole rings is 1. The zero-order valence-corrected chi connectivity index (χ0v) is 7.68. The molecule has 0 aliphatic carbocycles. The normalized spacial score (nSPS) is 10.3. The Balaban J connectivity index is 2.14. The molecule has 0 bridgehead atoms. The zero-order chi connectivity index (χ0) is 10.7. The first-order chi connectivity index (χ1) is 7.28. The Hall–Kier alpha value is -1.88. The number of aliphatic hydroxyl groups is 1. The number of halogens is 1. The quantitative estimate of drug-likeness (QED) is 0.840. The second-order valence-electron chi connectivity index (χ2n) is 2.82. The van der Waals surface area contributed by atoms with E-state index in [0.717, 1.165) is 0 Å². The Morgan fingerprint density at radius 2 is 2.33 bits per heavy atom. The molecule has 0 atom stereocenters. The second-order valence-corrected chi connectivity index (χ2v) is 2.82. The summed E-state index contributed by atoms with van der Waals surface area (Å²) in [7, 11) is 0. The first-order valence-electron chi connectivity index (χ1n) is 4.26. The molecule has 0 amide bonds. The third kappa shape index (κ3) is 2.32. The minimum atomic E-state index is -0.401. The van der Waals surface area contributed by atoms with E-state index >= 15 is 0 Å². The molecule has 2 aromatic rings.